The molecule has 128 valence electrons. The van der Waals surface area contributed by atoms with Gasteiger partial charge in [0.25, 0.3) is 0 Å². The Labute approximate surface area is 145 Å². The minimum Gasteiger partial charge on any atom is -0.497 e. The summed E-state index contributed by atoms with van der Waals surface area (Å²) in [7, 11) is 1.67. The normalized spacial score (nSPS) is 15.8. The van der Waals surface area contributed by atoms with E-state index in [1.165, 1.54) is 16.9 Å². The van der Waals surface area contributed by atoms with E-state index in [2.05, 4.69) is 32.5 Å². The molecule has 0 atom stereocenters. The van der Waals surface area contributed by atoms with Crippen molar-refractivity contribution in [3.8, 4) is 5.75 Å². The van der Waals surface area contributed by atoms with Gasteiger partial charge in [0.15, 0.2) is 0 Å². The van der Waals surface area contributed by atoms with Gasteiger partial charge < -0.3 is 9.64 Å². The predicted molar refractivity (Wildman–Crippen MR) is 93.4 cm³/mol. The number of hydrogen-bond donors (Lipinski definition) is 1. The van der Waals surface area contributed by atoms with Crippen molar-refractivity contribution in [1.29, 1.82) is 0 Å². The third kappa shape index (κ3) is 4.42. The molecule has 8 heteroatoms. The van der Waals surface area contributed by atoms with Crippen LogP contribution in [0.25, 0.3) is 0 Å². The van der Waals surface area contributed by atoms with E-state index in [9.17, 15) is 4.79 Å². The third-order valence-electron chi connectivity index (χ3n) is 4.01. The van der Waals surface area contributed by atoms with E-state index in [1.54, 1.807) is 12.6 Å². The molecule has 1 fully saturated rings. The fourth-order valence-corrected chi connectivity index (χ4v) is 3.15. The quantitative estimate of drug-likeness (QED) is 0.919. The van der Waals surface area contributed by atoms with Gasteiger partial charge in [-0.15, -0.1) is 10.2 Å². The predicted octanol–water partition coefficient (Wildman–Crippen LogP) is 2.29. The standard InChI is InChI=1S/C16H21N5O2S/c1-23-14-5-3-13(4-6-14)11-20-7-2-8-21(10-9-20)16(22)18-15-19-17-12-24-15/h3-6,12H,2,7-11H2,1H3,(H,18,19,22). The molecule has 1 aliphatic rings. The van der Waals surface area contributed by atoms with Gasteiger partial charge in [-0.1, -0.05) is 23.5 Å². The third-order valence-corrected chi connectivity index (χ3v) is 4.62. The van der Waals surface area contributed by atoms with Gasteiger partial charge in [0.1, 0.15) is 11.3 Å². The zero-order valence-corrected chi connectivity index (χ0v) is 14.5. The number of urea groups is 1. The zero-order chi connectivity index (χ0) is 16.8. The van der Waals surface area contributed by atoms with Crippen LogP contribution in [0.3, 0.4) is 0 Å². The maximum atomic E-state index is 12.3. The van der Waals surface area contributed by atoms with Crippen LogP contribution in [-0.4, -0.2) is 59.3 Å². The summed E-state index contributed by atoms with van der Waals surface area (Å²) >= 11 is 1.32. The molecule has 0 radical (unpaired) electrons. The van der Waals surface area contributed by atoms with Gasteiger partial charge in [-0.2, -0.15) is 0 Å². The smallest absolute Gasteiger partial charge is 0.323 e. The SMILES string of the molecule is COc1ccc(CN2CCCN(C(=O)Nc3nncs3)CC2)cc1. The number of rotatable bonds is 4. The van der Waals surface area contributed by atoms with Crippen molar-refractivity contribution >= 4 is 22.5 Å². The number of benzene rings is 1. The van der Waals surface area contributed by atoms with Crippen LogP contribution in [0.15, 0.2) is 29.8 Å². The van der Waals surface area contributed by atoms with E-state index in [4.69, 9.17) is 4.74 Å². The summed E-state index contributed by atoms with van der Waals surface area (Å²) in [5.74, 6) is 0.870. The van der Waals surface area contributed by atoms with Gasteiger partial charge in [-0.25, -0.2) is 4.79 Å². The van der Waals surface area contributed by atoms with Crippen molar-refractivity contribution in [2.24, 2.45) is 0 Å². The lowest BCUT2D eigenvalue weighted by atomic mass is 10.2. The molecular formula is C16H21N5O2S. The highest BCUT2D eigenvalue weighted by atomic mass is 32.1. The Hall–Kier alpha value is -2.19. The largest absolute Gasteiger partial charge is 0.497 e. The van der Waals surface area contributed by atoms with Crippen molar-refractivity contribution < 1.29 is 9.53 Å². The zero-order valence-electron chi connectivity index (χ0n) is 13.6. The Kier molecular flexibility index (Phi) is 5.60. The fourth-order valence-electron chi connectivity index (χ4n) is 2.72. The molecule has 0 spiro atoms. The Balaban J connectivity index is 1.51. The molecule has 2 heterocycles. The van der Waals surface area contributed by atoms with E-state index in [-0.39, 0.29) is 6.03 Å². The number of carbonyl (C=O) groups excluding carboxylic acids is 1. The molecule has 0 bridgehead atoms. The Morgan fingerprint density at radius 1 is 1.25 bits per heavy atom. The number of hydrogen-bond acceptors (Lipinski definition) is 6. The van der Waals surface area contributed by atoms with Gasteiger partial charge in [0, 0.05) is 32.7 Å². The van der Waals surface area contributed by atoms with Crippen LogP contribution >= 0.6 is 11.3 Å². The molecule has 1 aromatic carbocycles. The summed E-state index contributed by atoms with van der Waals surface area (Å²) in [6.45, 7) is 4.19. The maximum absolute atomic E-state index is 12.3. The highest BCUT2D eigenvalue weighted by molar-refractivity contribution is 7.13. The average Bonchev–Trinajstić information content (AvgIpc) is 3.00. The van der Waals surface area contributed by atoms with Crippen molar-refractivity contribution in [1.82, 2.24) is 20.0 Å². The molecule has 0 aliphatic carbocycles. The van der Waals surface area contributed by atoms with Crippen LogP contribution in [0.5, 0.6) is 5.75 Å². The summed E-state index contributed by atoms with van der Waals surface area (Å²) in [5.41, 5.74) is 2.86. The fraction of sp³-hybridized carbons (Fsp3) is 0.438. The minimum absolute atomic E-state index is 0.0990. The Morgan fingerprint density at radius 3 is 2.79 bits per heavy atom. The van der Waals surface area contributed by atoms with E-state index in [1.807, 2.05) is 17.0 Å². The number of nitrogens with zero attached hydrogens (tertiary/aromatic N) is 4. The number of aromatic nitrogens is 2. The van der Waals surface area contributed by atoms with Crippen LogP contribution in [0, 0.1) is 0 Å². The van der Waals surface area contributed by atoms with Crippen molar-refractivity contribution in [2.75, 3.05) is 38.6 Å². The van der Waals surface area contributed by atoms with Crippen LogP contribution in [0.4, 0.5) is 9.93 Å². The van der Waals surface area contributed by atoms with Gasteiger partial charge in [-0.05, 0) is 24.1 Å². The lowest BCUT2D eigenvalue weighted by Crippen LogP contribution is -2.38. The van der Waals surface area contributed by atoms with Gasteiger partial charge in [-0.3, -0.25) is 10.2 Å². The molecule has 1 saturated heterocycles. The number of nitrogens with one attached hydrogen (secondary N) is 1. The molecule has 2 aromatic rings. The van der Waals surface area contributed by atoms with Crippen molar-refractivity contribution in [2.45, 2.75) is 13.0 Å². The molecule has 3 rings (SSSR count). The summed E-state index contributed by atoms with van der Waals surface area (Å²) in [5, 5.41) is 10.9. The molecule has 0 unspecified atom stereocenters. The number of anilines is 1. The average molecular weight is 347 g/mol. The molecular weight excluding hydrogens is 326 g/mol. The van der Waals surface area contributed by atoms with E-state index < -0.39 is 0 Å². The van der Waals surface area contributed by atoms with E-state index in [0.29, 0.717) is 11.7 Å². The monoisotopic (exact) mass is 347 g/mol. The number of amides is 2. The molecule has 1 aromatic heterocycles. The molecule has 7 nitrogen and oxygen atoms in total. The van der Waals surface area contributed by atoms with Gasteiger partial charge in [0.2, 0.25) is 5.13 Å². The van der Waals surface area contributed by atoms with Crippen molar-refractivity contribution in [3.63, 3.8) is 0 Å². The lowest BCUT2D eigenvalue weighted by molar-refractivity contribution is 0.211. The minimum atomic E-state index is -0.0990. The number of methoxy groups -OCH3 is 1. The van der Waals surface area contributed by atoms with Crippen LogP contribution in [-0.2, 0) is 6.54 Å². The second-order valence-corrected chi connectivity index (χ2v) is 6.47. The topological polar surface area (TPSA) is 70.6 Å². The summed E-state index contributed by atoms with van der Waals surface area (Å²) < 4.78 is 5.19. The first-order valence-electron chi connectivity index (χ1n) is 7.92. The van der Waals surface area contributed by atoms with Gasteiger partial charge in [0.05, 0.1) is 7.11 Å². The molecule has 1 aliphatic heterocycles. The first-order chi connectivity index (χ1) is 11.7. The maximum Gasteiger partial charge on any atom is 0.323 e. The van der Waals surface area contributed by atoms with E-state index >= 15 is 0 Å². The Bertz CT molecular complexity index is 647. The molecule has 1 N–H and O–H groups in total. The highest BCUT2D eigenvalue weighted by Crippen LogP contribution is 2.15. The molecule has 0 saturated carbocycles. The number of carbonyl (C=O) groups is 1. The highest BCUT2D eigenvalue weighted by Gasteiger charge is 2.19. The second-order valence-electron chi connectivity index (χ2n) is 5.64. The lowest BCUT2D eigenvalue weighted by Gasteiger charge is -2.22. The van der Waals surface area contributed by atoms with Crippen molar-refractivity contribution in [3.05, 3.63) is 35.3 Å². The first kappa shape index (κ1) is 16.7. The first-order valence-corrected chi connectivity index (χ1v) is 8.80. The summed E-state index contributed by atoms with van der Waals surface area (Å²) in [4.78, 5) is 16.5. The summed E-state index contributed by atoms with van der Waals surface area (Å²) in [6.07, 6.45) is 0.958. The second kappa shape index (κ2) is 8.07. The van der Waals surface area contributed by atoms with Gasteiger partial charge >= 0.3 is 6.03 Å². The molecule has 2 amide bonds. The van der Waals surface area contributed by atoms with Crippen LogP contribution < -0.4 is 10.1 Å². The van der Waals surface area contributed by atoms with Crippen LogP contribution in [0.2, 0.25) is 0 Å². The van der Waals surface area contributed by atoms with Crippen LogP contribution in [0.1, 0.15) is 12.0 Å². The number of ether oxygens (including phenoxy) is 1. The Morgan fingerprint density at radius 2 is 2.08 bits per heavy atom. The molecule has 24 heavy (non-hydrogen) atoms. The summed E-state index contributed by atoms with van der Waals surface area (Å²) in [6, 6.07) is 8.04. The van der Waals surface area contributed by atoms with E-state index in [0.717, 1.165) is 38.3 Å².